The molecule has 21 heavy (non-hydrogen) atoms. The first kappa shape index (κ1) is 14.3. The first-order chi connectivity index (χ1) is 10.1. The van der Waals surface area contributed by atoms with E-state index in [-0.39, 0.29) is 5.76 Å². The Labute approximate surface area is 137 Å². The maximum absolute atomic E-state index is 11.9. The molecule has 0 saturated heterocycles. The summed E-state index contributed by atoms with van der Waals surface area (Å²) in [5.41, 5.74) is 3.07. The minimum Gasteiger partial charge on any atom is -0.451 e. The Hall–Kier alpha value is -1.63. The van der Waals surface area contributed by atoms with Crippen molar-refractivity contribution in [1.29, 1.82) is 0 Å². The number of carbonyl (C=O) groups excluding carboxylic acids is 1. The topological polar surface area (TPSA) is 54.6 Å². The second-order valence-electron chi connectivity index (χ2n) is 4.13. The maximum Gasteiger partial charge on any atom is 0.307 e. The van der Waals surface area contributed by atoms with Crippen molar-refractivity contribution in [3.05, 3.63) is 55.8 Å². The number of furan rings is 1. The van der Waals surface area contributed by atoms with Gasteiger partial charge in [0.05, 0.1) is 10.6 Å². The molecule has 2 heterocycles. The van der Waals surface area contributed by atoms with Gasteiger partial charge in [0, 0.05) is 14.7 Å². The lowest BCUT2D eigenvalue weighted by molar-refractivity contribution is 0.0929. The third kappa shape index (κ3) is 3.34. The number of rotatable bonds is 3. The van der Waals surface area contributed by atoms with Crippen LogP contribution in [0.1, 0.15) is 15.4 Å². The molecule has 0 radical (unpaired) electrons. The first-order valence-corrected chi connectivity index (χ1v) is 7.88. The molecule has 1 N–H and O–H groups in total. The lowest BCUT2D eigenvalue weighted by Gasteiger charge is -1.93. The molecule has 2 aromatic heterocycles. The quantitative estimate of drug-likeness (QED) is 0.527. The minimum absolute atomic E-state index is 0.212. The molecule has 0 aliphatic carbocycles. The van der Waals surface area contributed by atoms with Gasteiger partial charge in [0.25, 0.3) is 0 Å². The molecule has 0 saturated carbocycles. The third-order valence-corrected chi connectivity index (χ3v) is 4.31. The van der Waals surface area contributed by atoms with Crippen LogP contribution < -0.4 is 5.43 Å². The Balaban J connectivity index is 1.73. The molecule has 0 fully saturated rings. The number of hydrogen-bond donors (Lipinski definition) is 1. The fourth-order valence-corrected chi connectivity index (χ4v) is 3.05. The van der Waals surface area contributed by atoms with E-state index in [1.54, 1.807) is 18.2 Å². The number of benzene rings is 1. The fourth-order valence-electron chi connectivity index (χ4n) is 1.73. The molecule has 0 spiro atoms. The van der Waals surface area contributed by atoms with Crippen LogP contribution in [-0.4, -0.2) is 12.1 Å². The summed E-state index contributed by atoms with van der Waals surface area (Å²) in [5, 5.41) is 4.73. The normalized spacial score (nSPS) is 11.3. The van der Waals surface area contributed by atoms with E-state index in [4.69, 9.17) is 16.0 Å². The van der Waals surface area contributed by atoms with Crippen LogP contribution in [0, 0.1) is 0 Å². The SMILES string of the molecule is O=C(N/N=C/c1ccc(Cl)s1)c1cc2cc(Br)ccc2o1. The van der Waals surface area contributed by atoms with E-state index in [1.807, 2.05) is 18.2 Å². The van der Waals surface area contributed by atoms with E-state index in [9.17, 15) is 4.79 Å². The number of amides is 1. The van der Waals surface area contributed by atoms with Crippen molar-refractivity contribution in [3.8, 4) is 0 Å². The van der Waals surface area contributed by atoms with Crippen LogP contribution in [0.25, 0.3) is 11.0 Å². The average Bonchev–Trinajstić information content (AvgIpc) is 3.04. The van der Waals surface area contributed by atoms with Crippen LogP contribution in [0.5, 0.6) is 0 Å². The van der Waals surface area contributed by atoms with Crippen LogP contribution in [0.4, 0.5) is 0 Å². The molecular formula is C14H8BrClN2O2S. The highest BCUT2D eigenvalue weighted by atomic mass is 79.9. The number of halogens is 2. The second kappa shape index (κ2) is 6.01. The summed E-state index contributed by atoms with van der Waals surface area (Å²) in [4.78, 5) is 12.8. The number of hydrogen-bond acceptors (Lipinski definition) is 4. The van der Waals surface area contributed by atoms with Crippen molar-refractivity contribution < 1.29 is 9.21 Å². The number of nitrogens with one attached hydrogen (secondary N) is 1. The number of thiophene rings is 1. The predicted octanol–water partition coefficient (Wildman–Crippen LogP) is 4.67. The zero-order valence-corrected chi connectivity index (χ0v) is 13.6. The standard InChI is InChI=1S/C14H8BrClN2O2S/c15-9-1-3-11-8(5-9)6-12(20-11)14(19)18-17-7-10-2-4-13(16)21-10/h1-7H,(H,18,19)/b17-7+. The lowest BCUT2D eigenvalue weighted by atomic mass is 10.2. The van der Waals surface area contributed by atoms with Gasteiger partial charge in [0.15, 0.2) is 5.76 Å². The Kier molecular flexibility index (Phi) is 4.10. The molecule has 106 valence electrons. The smallest absolute Gasteiger partial charge is 0.307 e. The zero-order chi connectivity index (χ0) is 14.8. The first-order valence-electron chi connectivity index (χ1n) is 5.90. The van der Waals surface area contributed by atoms with E-state index in [0.29, 0.717) is 9.92 Å². The minimum atomic E-state index is -0.402. The molecule has 4 nitrogen and oxygen atoms in total. The Morgan fingerprint density at radius 3 is 2.95 bits per heavy atom. The van der Waals surface area contributed by atoms with Crippen LogP contribution in [0.3, 0.4) is 0 Å². The van der Waals surface area contributed by atoms with Gasteiger partial charge in [0.2, 0.25) is 0 Å². The van der Waals surface area contributed by atoms with Crippen molar-refractivity contribution in [3.63, 3.8) is 0 Å². The molecule has 0 bridgehead atoms. The highest BCUT2D eigenvalue weighted by Gasteiger charge is 2.11. The molecule has 1 amide bonds. The van der Waals surface area contributed by atoms with Gasteiger partial charge >= 0.3 is 5.91 Å². The summed E-state index contributed by atoms with van der Waals surface area (Å²) < 4.78 is 7.06. The molecule has 3 aromatic rings. The molecule has 3 rings (SSSR count). The van der Waals surface area contributed by atoms with Crippen molar-refractivity contribution in [2.75, 3.05) is 0 Å². The molecule has 0 atom stereocenters. The van der Waals surface area contributed by atoms with E-state index in [0.717, 1.165) is 14.7 Å². The summed E-state index contributed by atoms with van der Waals surface area (Å²) in [6.07, 6.45) is 1.54. The molecule has 0 aliphatic rings. The van der Waals surface area contributed by atoms with Gasteiger partial charge in [-0.25, -0.2) is 5.43 Å². The molecule has 7 heteroatoms. The van der Waals surface area contributed by atoms with Gasteiger partial charge in [-0.2, -0.15) is 5.10 Å². The van der Waals surface area contributed by atoms with Crippen LogP contribution in [0.2, 0.25) is 4.34 Å². The second-order valence-corrected chi connectivity index (χ2v) is 6.80. The summed E-state index contributed by atoms with van der Waals surface area (Å²) in [6.45, 7) is 0. The lowest BCUT2D eigenvalue weighted by Crippen LogP contribution is -2.16. The predicted molar refractivity (Wildman–Crippen MR) is 88.3 cm³/mol. The van der Waals surface area contributed by atoms with Crippen LogP contribution in [0.15, 0.2) is 50.4 Å². The third-order valence-electron chi connectivity index (χ3n) is 2.65. The van der Waals surface area contributed by atoms with Crippen molar-refractivity contribution >= 4 is 62.0 Å². The van der Waals surface area contributed by atoms with Crippen molar-refractivity contribution in [1.82, 2.24) is 5.43 Å². The largest absolute Gasteiger partial charge is 0.451 e. The van der Waals surface area contributed by atoms with Crippen LogP contribution in [-0.2, 0) is 0 Å². The molecular weight excluding hydrogens is 376 g/mol. The fraction of sp³-hybridized carbons (Fsp3) is 0. The number of hydrazone groups is 1. The summed E-state index contributed by atoms with van der Waals surface area (Å²) in [6, 6.07) is 10.8. The Bertz CT molecular complexity index is 840. The van der Waals surface area contributed by atoms with Gasteiger partial charge < -0.3 is 4.42 Å². The number of fused-ring (bicyclic) bond motifs is 1. The zero-order valence-electron chi connectivity index (χ0n) is 10.5. The highest BCUT2D eigenvalue weighted by Crippen LogP contribution is 2.23. The maximum atomic E-state index is 11.9. The van der Waals surface area contributed by atoms with E-state index < -0.39 is 5.91 Å². The Morgan fingerprint density at radius 1 is 1.33 bits per heavy atom. The van der Waals surface area contributed by atoms with Gasteiger partial charge in [-0.15, -0.1) is 11.3 Å². The summed E-state index contributed by atoms with van der Waals surface area (Å²) in [7, 11) is 0. The van der Waals surface area contributed by atoms with Crippen molar-refractivity contribution in [2.24, 2.45) is 5.10 Å². The van der Waals surface area contributed by atoms with Crippen LogP contribution >= 0.6 is 38.9 Å². The van der Waals surface area contributed by atoms with Crippen molar-refractivity contribution in [2.45, 2.75) is 0 Å². The van der Waals surface area contributed by atoms with E-state index in [1.165, 1.54) is 17.6 Å². The number of nitrogens with zero attached hydrogens (tertiary/aromatic N) is 1. The van der Waals surface area contributed by atoms with E-state index >= 15 is 0 Å². The average molecular weight is 384 g/mol. The number of carbonyl (C=O) groups is 1. The summed E-state index contributed by atoms with van der Waals surface area (Å²) in [5.74, 6) is -0.189. The van der Waals surface area contributed by atoms with Gasteiger partial charge in [-0.05, 0) is 36.4 Å². The van der Waals surface area contributed by atoms with Gasteiger partial charge in [-0.1, -0.05) is 27.5 Å². The van der Waals surface area contributed by atoms with Gasteiger partial charge in [-0.3, -0.25) is 4.79 Å². The summed E-state index contributed by atoms with van der Waals surface area (Å²) >= 11 is 10.6. The monoisotopic (exact) mass is 382 g/mol. The highest BCUT2D eigenvalue weighted by molar-refractivity contribution is 9.10. The van der Waals surface area contributed by atoms with E-state index in [2.05, 4.69) is 26.5 Å². The molecule has 0 aliphatic heterocycles. The Morgan fingerprint density at radius 2 is 2.19 bits per heavy atom. The molecule has 1 aromatic carbocycles. The molecule has 0 unspecified atom stereocenters. The van der Waals surface area contributed by atoms with Gasteiger partial charge in [0.1, 0.15) is 5.58 Å².